The third-order valence-corrected chi connectivity index (χ3v) is 10.0. The molecule has 3 aromatic carbocycles. The summed E-state index contributed by atoms with van der Waals surface area (Å²) in [4.78, 5) is 53.1. The van der Waals surface area contributed by atoms with Crippen LogP contribution < -0.4 is 14.8 Å². The smallest absolute Gasteiger partial charge is 0.410 e. The van der Waals surface area contributed by atoms with Crippen LogP contribution in [0.25, 0.3) is 0 Å². The molecule has 11 nitrogen and oxygen atoms in total. The summed E-state index contributed by atoms with van der Waals surface area (Å²) >= 11 is 0. The van der Waals surface area contributed by atoms with Crippen molar-refractivity contribution in [2.45, 2.75) is 103 Å². The number of nitrogens with one attached hydrogen (secondary N) is 1. The first-order valence-electron chi connectivity index (χ1n) is 19.9. The van der Waals surface area contributed by atoms with Crippen molar-refractivity contribution in [1.29, 1.82) is 0 Å². The maximum atomic E-state index is 13.2. The van der Waals surface area contributed by atoms with E-state index in [0.29, 0.717) is 35.9 Å². The molecule has 2 aliphatic rings. The second-order valence-electron chi connectivity index (χ2n) is 15.6. The van der Waals surface area contributed by atoms with Gasteiger partial charge >= 0.3 is 12.1 Å². The molecule has 2 amide bonds. The number of likely N-dealkylation sites (N-methyl/N-ethyl adjacent to an activating group) is 1. The zero-order chi connectivity index (χ0) is 40.5. The lowest BCUT2D eigenvalue weighted by Crippen LogP contribution is -2.47. The van der Waals surface area contributed by atoms with Crippen LogP contribution in [-0.4, -0.2) is 86.1 Å². The lowest BCUT2D eigenvalue weighted by atomic mass is 9.83. The Bertz CT molecular complexity index is 1700. The summed E-state index contributed by atoms with van der Waals surface area (Å²) in [6, 6.07) is 22.4. The van der Waals surface area contributed by atoms with E-state index >= 15 is 0 Å². The van der Waals surface area contributed by atoms with Gasteiger partial charge in [0, 0.05) is 23.7 Å². The van der Waals surface area contributed by atoms with E-state index in [4.69, 9.17) is 18.9 Å². The molecule has 1 aliphatic heterocycles. The van der Waals surface area contributed by atoms with Crippen LogP contribution in [0.1, 0.15) is 106 Å². The number of piperidine rings is 1. The molecule has 2 unspecified atom stereocenters. The Balaban J connectivity index is 0.000000267. The normalized spacial score (nSPS) is 16.6. The number of carbonyl (C=O) groups is 4. The number of rotatable bonds is 14. The van der Waals surface area contributed by atoms with Gasteiger partial charge in [-0.2, -0.15) is 0 Å². The number of methoxy groups -OCH3 is 1. The molecule has 2 atom stereocenters. The molecule has 11 heteroatoms. The average Bonchev–Trinajstić information content (AvgIpc) is 3.19. The quantitative estimate of drug-likeness (QED) is 0.129. The van der Waals surface area contributed by atoms with Gasteiger partial charge < -0.3 is 34.0 Å². The van der Waals surface area contributed by atoms with Gasteiger partial charge in [0.1, 0.15) is 36.0 Å². The first-order chi connectivity index (χ1) is 26.9. The minimum absolute atomic E-state index is 0.0491. The molecule has 5 rings (SSSR count). The predicted molar refractivity (Wildman–Crippen MR) is 217 cm³/mol. The first-order valence-corrected chi connectivity index (χ1v) is 19.9. The summed E-state index contributed by atoms with van der Waals surface area (Å²) < 4.78 is 21.8. The van der Waals surface area contributed by atoms with Crippen LogP contribution in [0.5, 0.6) is 11.5 Å². The number of hydrogen-bond donors (Lipinski definition) is 1. The highest BCUT2D eigenvalue weighted by Crippen LogP contribution is 2.30. The molecule has 0 spiro atoms. The van der Waals surface area contributed by atoms with E-state index in [1.165, 1.54) is 23.3 Å². The van der Waals surface area contributed by atoms with Crippen LogP contribution in [0, 0.1) is 5.92 Å². The molecule has 56 heavy (non-hydrogen) atoms. The number of ether oxygens (including phenoxy) is 4. The molecule has 0 bridgehead atoms. The molecule has 0 aromatic heterocycles. The van der Waals surface area contributed by atoms with E-state index in [0.717, 1.165) is 56.3 Å². The van der Waals surface area contributed by atoms with Gasteiger partial charge in [-0.25, -0.2) is 9.59 Å². The van der Waals surface area contributed by atoms with Crippen molar-refractivity contribution in [3.05, 3.63) is 95.1 Å². The first kappa shape index (κ1) is 43.8. The molecule has 1 saturated heterocycles. The van der Waals surface area contributed by atoms with Crippen molar-refractivity contribution in [1.82, 2.24) is 15.1 Å². The monoisotopic (exact) mass is 771 g/mol. The number of benzene rings is 3. The van der Waals surface area contributed by atoms with Gasteiger partial charge in [-0.05, 0) is 114 Å². The fourth-order valence-corrected chi connectivity index (χ4v) is 7.16. The third kappa shape index (κ3) is 14.0. The van der Waals surface area contributed by atoms with Crippen molar-refractivity contribution in [3.8, 4) is 11.5 Å². The molecule has 1 saturated carbocycles. The number of nitrogens with zero attached hydrogens (tertiary/aromatic N) is 2. The van der Waals surface area contributed by atoms with Crippen molar-refractivity contribution < 1.29 is 38.1 Å². The van der Waals surface area contributed by atoms with Crippen LogP contribution in [0.3, 0.4) is 0 Å². The van der Waals surface area contributed by atoms with Gasteiger partial charge in [0.05, 0.1) is 26.8 Å². The van der Waals surface area contributed by atoms with Crippen molar-refractivity contribution >= 4 is 24.3 Å². The predicted octanol–water partition coefficient (Wildman–Crippen LogP) is 7.95. The summed E-state index contributed by atoms with van der Waals surface area (Å²) in [5.41, 5.74) is 2.93. The second kappa shape index (κ2) is 22.0. The van der Waals surface area contributed by atoms with Crippen LogP contribution >= 0.6 is 0 Å². The number of aldehydes is 1. The Morgan fingerprint density at radius 2 is 1.70 bits per heavy atom. The molecule has 304 valence electrons. The number of amides is 2. The highest BCUT2D eigenvalue weighted by molar-refractivity contribution is 5.97. The summed E-state index contributed by atoms with van der Waals surface area (Å²) in [5.74, 6) is 1.34. The van der Waals surface area contributed by atoms with Crippen LogP contribution in [-0.2, 0) is 32.2 Å². The van der Waals surface area contributed by atoms with Gasteiger partial charge in [-0.3, -0.25) is 9.69 Å². The zero-order valence-corrected chi connectivity index (χ0v) is 34.1. The highest BCUT2D eigenvalue weighted by Gasteiger charge is 2.33. The van der Waals surface area contributed by atoms with E-state index in [2.05, 4.69) is 23.3 Å². The van der Waals surface area contributed by atoms with E-state index in [9.17, 15) is 19.2 Å². The Labute approximate surface area is 333 Å². The fraction of sp³-hybridized carbons (Fsp3) is 0.511. The van der Waals surface area contributed by atoms with Gasteiger partial charge in [-0.15, -0.1) is 0 Å². The molecule has 3 aromatic rings. The molecule has 1 N–H and O–H groups in total. The summed E-state index contributed by atoms with van der Waals surface area (Å²) in [5, 5.41) is 3.05. The van der Waals surface area contributed by atoms with Crippen LogP contribution in [0.2, 0.25) is 0 Å². The van der Waals surface area contributed by atoms with E-state index in [1.807, 2.05) is 61.5 Å². The van der Waals surface area contributed by atoms with Gasteiger partial charge in [0.25, 0.3) is 5.91 Å². The molecule has 0 radical (unpaired) electrons. The fourth-order valence-electron chi connectivity index (χ4n) is 7.16. The van der Waals surface area contributed by atoms with Crippen molar-refractivity contribution in [3.63, 3.8) is 0 Å². The molecule has 2 fully saturated rings. The highest BCUT2D eigenvalue weighted by atomic mass is 16.6. The Morgan fingerprint density at radius 3 is 2.36 bits per heavy atom. The number of esters is 1. The standard InChI is InChI=1S/C28H36N2O3.C17H25NO5/c1-30-17-9-16-25(19-30)23-14-8-15-24(18-23)27(31)29-26(22-12-6-3-7-13-22)28(32)33-20-21-10-4-2-5-11-21;1-6-22-15-11-14(21-5)8-7-13(15)12-18(9-10-19)16(20)23-17(2,3)4/h2,4-5,8,10-11,14-15,18,22,25-26H,3,6-7,9,12-13,16-17,19-20H2,1H3,(H,29,31);7-8,10-11H,6,9,12H2,1-5H3. The number of carbonyl (C=O) groups excluding carboxylic acids is 4. The largest absolute Gasteiger partial charge is 0.497 e. The minimum Gasteiger partial charge on any atom is -0.497 e. The Hall–Kier alpha value is -4.90. The third-order valence-electron chi connectivity index (χ3n) is 10.0. The number of likely N-dealkylation sites (tertiary alicyclic amines) is 1. The average molecular weight is 772 g/mol. The summed E-state index contributed by atoms with van der Waals surface area (Å²) in [6.45, 7) is 10.2. The molecular formula is C45H61N3O8. The maximum absolute atomic E-state index is 13.2. The molecule has 1 aliphatic carbocycles. The van der Waals surface area contributed by atoms with Crippen molar-refractivity contribution in [2.75, 3.05) is 40.4 Å². The Morgan fingerprint density at radius 1 is 0.946 bits per heavy atom. The summed E-state index contributed by atoms with van der Waals surface area (Å²) in [6.07, 6.45) is 7.71. The van der Waals surface area contributed by atoms with Crippen molar-refractivity contribution in [2.24, 2.45) is 5.92 Å². The van der Waals surface area contributed by atoms with Crippen LogP contribution in [0.15, 0.2) is 72.8 Å². The number of hydrogen-bond acceptors (Lipinski definition) is 9. The van der Waals surface area contributed by atoms with Gasteiger partial charge in [0.2, 0.25) is 0 Å². The van der Waals surface area contributed by atoms with E-state index in [1.54, 1.807) is 40.0 Å². The lowest BCUT2D eigenvalue weighted by molar-refractivity contribution is -0.149. The molecule has 1 heterocycles. The minimum atomic E-state index is -0.624. The molecular weight excluding hydrogens is 711 g/mol. The topological polar surface area (TPSA) is 124 Å². The Kier molecular flexibility index (Phi) is 17.2. The van der Waals surface area contributed by atoms with Gasteiger partial charge in [-0.1, -0.05) is 61.7 Å². The van der Waals surface area contributed by atoms with E-state index < -0.39 is 17.7 Å². The maximum Gasteiger partial charge on any atom is 0.410 e. The van der Waals surface area contributed by atoms with Gasteiger partial charge in [0.15, 0.2) is 0 Å². The second-order valence-corrected chi connectivity index (χ2v) is 15.6. The van der Waals surface area contributed by atoms with Crippen LogP contribution in [0.4, 0.5) is 4.79 Å². The zero-order valence-electron chi connectivity index (χ0n) is 34.1. The lowest BCUT2D eigenvalue weighted by Gasteiger charge is -2.30. The van der Waals surface area contributed by atoms with E-state index in [-0.39, 0.29) is 37.5 Å². The summed E-state index contributed by atoms with van der Waals surface area (Å²) in [7, 11) is 3.72. The SMILES string of the molecule is CCOc1cc(OC)ccc1CN(CC=O)C(=O)OC(C)(C)C.CN1CCCC(c2cccc(C(=O)NC(C(=O)OCc3ccccc3)C3CCCCC3)c2)C1.